The zero-order chi connectivity index (χ0) is 5.98. The molecular weight excluding hydrogens is 102 g/mol. The first-order valence-corrected chi connectivity index (χ1v) is 2.36. The van der Waals surface area contributed by atoms with E-state index in [9.17, 15) is 4.79 Å². The zero-order valence-corrected chi connectivity index (χ0v) is 4.56. The van der Waals surface area contributed by atoms with Crippen molar-refractivity contribution in [2.45, 2.75) is 6.92 Å². The molecule has 0 fully saturated rings. The average Bonchev–Trinajstić information content (AvgIpc) is 2.12. The maximum atomic E-state index is 10.5. The summed E-state index contributed by atoms with van der Waals surface area (Å²) in [5.41, 5.74) is 0.616. The standard InChI is InChI=1S/C6H6NO/c1-5(8)6-2-3-7-4-6/h2-3,7H,1H3. The first kappa shape index (κ1) is 5.09. The highest BCUT2D eigenvalue weighted by Gasteiger charge is 1.95. The van der Waals surface area contributed by atoms with Crippen molar-refractivity contribution in [1.29, 1.82) is 0 Å². The van der Waals surface area contributed by atoms with Crippen LogP contribution in [0.4, 0.5) is 0 Å². The van der Waals surface area contributed by atoms with Crippen molar-refractivity contribution in [3.05, 3.63) is 24.0 Å². The van der Waals surface area contributed by atoms with Gasteiger partial charge >= 0.3 is 0 Å². The van der Waals surface area contributed by atoms with Crippen LogP contribution < -0.4 is 0 Å². The molecule has 1 N–H and O–H groups in total. The summed E-state index contributed by atoms with van der Waals surface area (Å²) >= 11 is 0. The molecule has 0 saturated heterocycles. The normalized spacial score (nSPS) is 9.12. The highest BCUT2D eigenvalue weighted by Crippen LogP contribution is 1.94. The molecule has 0 aliphatic heterocycles. The van der Waals surface area contributed by atoms with E-state index in [4.69, 9.17) is 0 Å². The first-order chi connectivity index (χ1) is 3.80. The molecular formula is C6H6NO. The van der Waals surface area contributed by atoms with Crippen LogP contribution in [0.5, 0.6) is 0 Å². The number of hydrogen-bond donors (Lipinski definition) is 1. The molecule has 1 radical (unpaired) electrons. The van der Waals surface area contributed by atoms with Crippen LogP contribution in [-0.4, -0.2) is 10.8 Å². The summed E-state index contributed by atoms with van der Waals surface area (Å²) in [6.45, 7) is 1.51. The molecule has 1 aromatic heterocycles. The monoisotopic (exact) mass is 108 g/mol. The van der Waals surface area contributed by atoms with E-state index in [1.807, 2.05) is 0 Å². The smallest absolute Gasteiger partial charge is 0.162 e. The van der Waals surface area contributed by atoms with Crippen molar-refractivity contribution in [2.24, 2.45) is 0 Å². The van der Waals surface area contributed by atoms with Gasteiger partial charge in [0.2, 0.25) is 0 Å². The molecule has 0 unspecified atom stereocenters. The zero-order valence-electron chi connectivity index (χ0n) is 4.56. The molecule has 0 bridgehead atoms. The van der Waals surface area contributed by atoms with Gasteiger partial charge in [0.1, 0.15) is 0 Å². The van der Waals surface area contributed by atoms with E-state index in [1.165, 1.54) is 6.92 Å². The van der Waals surface area contributed by atoms with Crippen LogP contribution in [-0.2, 0) is 0 Å². The Bertz CT molecular complexity index is 176. The lowest BCUT2D eigenvalue weighted by molar-refractivity contribution is 0.101. The minimum Gasteiger partial charge on any atom is -0.359 e. The Morgan fingerprint density at radius 2 is 2.62 bits per heavy atom. The number of aromatic amines is 1. The summed E-state index contributed by atoms with van der Waals surface area (Å²) in [5, 5.41) is 0. The van der Waals surface area contributed by atoms with Gasteiger partial charge in [-0.15, -0.1) is 0 Å². The minimum absolute atomic E-state index is 0.0475. The minimum atomic E-state index is 0.0475. The lowest BCUT2D eigenvalue weighted by atomic mass is 10.2. The molecule has 8 heavy (non-hydrogen) atoms. The quantitative estimate of drug-likeness (QED) is 0.535. The van der Waals surface area contributed by atoms with Crippen LogP contribution in [0.2, 0.25) is 0 Å². The van der Waals surface area contributed by atoms with Crippen molar-refractivity contribution in [2.75, 3.05) is 0 Å². The molecule has 0 aliphatic carbocycles. The van der Waals surface area contributed by atoms with E-state index in [-0.39, 0.29) is 5.78 Å². The summed E-state index contributed by atoms with van der Waals surface area (Å²) in [6, 6.07) is 1.70. The molecule has 1 aromatic rings. The Kier molecular flexibility index (Phi) is 1.16. The van der Waals surface area contributed by atoms with Crippen LogP contribution in [0.15, 0.2) is 12.3 Å². The number of rotatable bonds is 1. The number of Topliss-reactive ketones (excluding diaryl/α,β-unsaturated/α-hetero) is 1. The third kappa shape index (κ3) is 0.780. The molecule has 0 amide bonds. The Balaban J connectivity index is 2.93. The highest BCUT2D eigenvalue weighted by atomic mass is 16.1. The van der Waals surface area contributed by atoms with E-state index in [0.29, 0.717) is 5.56 Å². The second-order valence-electron chi connectivity index (χ2n) is 1.57. The number of ketones is 1. The Labute approximate surface area is 47.5 Å². The summed E-state index contributed by atoms with van der Waals surface area (Å²) in [4.78, 5) is 13.1. The van der Waals surface area contributed by atoms with E-state index in [1.54, 1.807) is 12.3 Å². The van der Waals surface area contributed by atoms with E-state index in [2.05, 4.69) is 11.2 Å². The Morgan fingerprint density at radius 3 is 2.88 bits per heavy atom. The number of hydrogen-bond acceptors (Lipinski definition) is 1. The van der Waals surface area contributed by atoms with Crippen LogP contribution in [0.3, 0.4) is 0 Å². The van der Waals surface area contributed by atoms with Crippen molar-refractivity contribution in [3.8, 4) is 0 Å². The van der Waals surface area contributed by atoms with Gasteiger partial charge in [0.25, 0.3) is 0 Å². The maximum absolute atomic E-state index is 10.5. The molecule has 0 aromatic carbocycles. The number of carbonyl (C=O) groups is 1. The van der Waals surface area contributed by atoms with Crippen LogP contribution >= 0.6 is 0 Å². The second-order valence-corrected chi connectivity index (χ2v) is 1.57. The largest absolute Gasteiger partial charge is 0.359 e. The Hall–Kier alpha value is -1.05. The third-order valence-electron chi connectivity index (χ3n) is 0.919. The topological polar surface area (TPSA) is 32.9 Å². The second kappa shape index (κ2) is 1.82. The highest BCUT2D eigenvalue weighted by molar-refractivity contribution is 5.93. The van der Waals surface area contributed by atoms with Crippen LogP contribution in [0.25, 0.3) is 0 Å². The molecule has 0 atom stereocenters. The van der Waals surface area contributed by atoms with Crippen LogP contribution in [0.1, 0.15) is 17.3 Å². The maximum Gasteiger partial charge on any atom is 0.162 e. The van der Waals surface area contributed by atoms with Crippen molar-refractivity contribution < 1.29 is 4.79 Å². The van der Waals surface area contributed by atoms with Gasteiger partial charge in [-0.2, -0.15) is 0 Å². The van der Waals surface area contributed by atoms with E-state index in [0.717, 1.165) is 0 Å². The van der Waals surface area contributed by atoms with E-state index < -0.39 is 0 Å². The van der Waals surface area contributed by atoms with E-state index >= 15 is 0 Å². The number of carbonyl (C=O) groups excluding carboxylic acids is 1. The number of nitrogens with one attached hydrogen (secondary N) is 1. The van der Waals surface area contributed by atoms with Gasteiger partial charge in [-0.3, -0.25) is 4.79 Å². The average molecular weight is 108 g/mol. The fraction of sp³-hybridized carbons (Fsp3) is 0.167. The molecule has 2 nitrogen and oxygen atoms in total. The van der Waals surface area contributed by atoms with Gasteiger partial charge < -0.3 is 4.98 Å². The lowest BCUT2D eigenvalue weighted by Gasteiger charge is -1.78. The van der Waals surface area contributed by atoms with Gasteiger partial charge in [0, 0.05) is 11.8 Å². The molecule has 1 rings (SSSR count). The molecule has 41 valence electrons. The Morgan fingerprint density at radius 1 is 1.88 bits per heavy atom. The number of H-pyrrole nitrogens is 1. The lowest BCUT2D eigenvalue weighted by Crippen LogP contribution is -1.86. The van der Waals surface area contributed by atoms with Gasteiger partial charge in [-0.05, 0) is 13.0 Å². The molecule has 0 saturated carbocycles. The van der Waals surface area contributed by atoms with Gasteiger partial charge in [0.05, 0.1) is 6.20 Å². The summed E-state index contributed by atoms with van der Waals surface area (Å²) in [5.74, 6) is 0.0475. The predicted molar refractivity (Wildman–Crippen MR) is 29.6 cm³/mol. The number of aromatic nitrogens is 1. The van der Waals surface area contributed by atoms with Crippen LogP contribution in [0, 0.1) is 6.20 Å². The molecule has 2 heteroatoms. The van der Waals surface area contributed by atoms with Crippen molar-refractivity contribution in [3.63, 3.8) is 0 Å². The van der Waals surface area contributed by atoms with Crippen molar-refractivity contribution >= 4 is 5.78 Å². The van der Waals surface area contributed by atoms with Gasteiger partial charge in [-0.1, -0.05) is 0 Å². The van der Waals surface area contributed by atoms with Crippen molar-refractivity contribution in [1.82, 2.24) is 4.98 Å². The molecule has 0 spiro atoms. The summed E-state index contributed by atoms with van der Waals surface area (Å²) in [6.07, 6.45) is 4.34. The summed E-state index contributed by atoms with van der Waals surface area (Å²) < 4.78 is 0. The third-order valence-corrected chi connectivity index (χ3v) is 0.919. The first-order valence-electron chi connectivity index (χ1n) is 2.36. The van der Waals surface area contributed by atoms with Gasteiger partial charge in [-0.25, -0.2) is 0 Å². The molecule has 1 heterocycles. The fourth-order valence-electron chi connectivity index (χ4n) is 0.491. The fourth-order valence-corrected chi connectivity index (χ4v) is 0.491. The predicted octanol–water partition coefficient (Wildman–Crippen LogP) is 1.02. The molecule has 0 aliphatic rings. The SMILES string of the molecule is CC(=O)c1[c][nH]cc1. The van der Waals surface area contributed by atoms with Gasteiger partial charge in [0.15, 0.2) is 5.78 Å². The summed E-state index contributed by atoms with van der Waals surface area (Å²) in [7, 11) is 0.